The highest BCUT2D eigenvalue weighted by Gasteiger charge is 2.40. The SMILES string of the molecule is O=C(O)C1(Cc2cc(Br)ccc2F)CCNCC1. The molecule has 0 amide bonds. The summed E-state index contributed by atoms with van der Waals surface area (Å²) in [4.78, 5) is 11.5. The number of carbonyl (C=O) groups is 1. The van der Waals surface area contributed by atoms with Crippen LogP contribution in [0.1, 0.15) is 18.4 Å². The summed E-state index contributed by atoms with van der Waals surface area (Å²) in [5.41, 5.74) is -0.374. The molecule has 1 aromatic carbocycles. The maximum atomic E-state index is 13.7. The Hall–Kier alpha value is -0.940. The lowest BCUT2D eigenvalue weighted by Crippen LogP contribution is -2.43. The van der Waals surface area contributed by atoms with Crippen LogP contribution in [-0.4, -0.2) is 24.2 Å². The first-order valence-corrected chi connectivity index (χ1v) is 6.71. The highest BCUT2D eigenvalue weighted by Crippen LogP contribution is 2.34. The number of piperidine rings is 1. The average molecular weight is 316 g/mol. The first-order chi connectivity index (χ1) is 8.53. The van der Waals surface area contributed by atoms with E-state index in [1.165, 1.54) is 6.07 Å². The summed E-state index contributed by atoms with van der Waals surface area (Å²) in [5.74, 6) is -1.17. The predicted molar refractivity (Wildman–Crippen MR) is 70.0 cm³/mol. The van der Waals surface area contributed by atoms with Crippen molar-refractivity contribution in [1.29, 1.82) is 0 Å². The molecule has 0 radical (unpaired) electrons. The molecule has 1 heterocycles. The fraction of sp³-hybridized carbons (Fsp3) is 0.462. The van der Waals surface area contributed by atoms with Crippen LogP contribution in [0.5, 0.6) is 0 Å². The van der Waals surface area contributed by atoms with Crippen molar-refractivity contribution in [3.63, 3.8) is 0 Å². The molecule has 98 valence electrons. The van der Waals surface area contributed by atoms with Crippen LogP contribution in [0.2, 0.25) is 0 Å². The monoisotopic (exact) mass is 315 g/mol. The van der Waals surface area contributed by atoms with Crippen molar-refractivity contribution in [2.24, 2.45) is 5.41 Å². The van der Waals surface area contributed by atoms with Gasteiger partial charge in [-0.3, -0.25) is 4.79 Å². The van der Waals surface area contributed by atoms with Crippen LogP contribution in [-0.2, 0) is 11.2 Å². The van der Waals surface area contributed by atoms with E-state index < -0.39 is 11.4 Å². The zero-order valence-corrected chi connectivity index (χ0v) is 11.5. The summed E-state index contributed by atoms with van der Waals surface area (Å²) >= 11 is 3.29. The van der Waals surface area contributed by atoms with Crippen molar-refractivity contribution in [3.8, 4) is 0 Å². The number of halogens is 2. The minimum Gasteiger partial charge on any atom is -0.481 e. The molecular weight excluding hydrogens is 301 g/mol. The van der Waals surface area contributed by atoms with E-state index in [1.54, 1.807) is 12.1 Å². The number of aliphatic carboxylic acids is 1. The van der Waals surface area contributed by atoms with E-state index in [4.69, 9.17) is 0 Å². The van der Waals surface area contributed by atoms with Gasteiger partial charge in [0.2, 0.25) is 0 Å². The minimum absolute atomic E-state index is 0.245. The molecule has 3 nitrogen and oxygen atoms in total. The molecule has 5 heteroatoms. The molecule has 2 N–H and O–H groups in total. The Balaban J connectivity index is 2.28. The van der Waals surface area contributed by atoms with Gasteiger partial charge in [-0.1, -0.05) is 15.9 Å². The smallest absolute Gasteiger partial charge is 0.310 e. The lowest BCUT2D eigenvalue weighted by atomic mass is 9.74. The molecule has 0 saturated carbocycles. The lowest BCUT2D eigenvalue weighted by Gasteiger charge is -2.33. The van der Waals surface area contributed by atoms with Crippen LogP contribution in [0.25, 0.3) is 0 Å². The number of carboxylic acids is 1. The molecule has 0 aromatic heterocycles. The summed E-state index contributed by atoms with van der Waals surface area (Å²) in [5, 5.41) is 12.6. The third-order valence-corrected chi connectivity index (χ3v) is 4.04. The van der Waals surface area contributed by atoms with Crippen LogP contribution < -0.4 is 5.32 Å². The maximum absolute atomic E-state index is 13.7. The van der Waals surface area contributed by atoms with Gasteiger partial charge in [0.1, 0.15) is 5.82 Å². The van der Waals surface area contributed by atoms with Gasteiger partial charge in [-0.25, -0.2) is 4.39 Å². The van der Waals surface area contributed by atoms with Crippen LogP contribution in [0.4, 0.5) is 4.39 Å². The summed E-state index contributed by atoms with van der Waals surface area (Å²) in [6.07, 6.45) is 1.32. The van der Waals surface area contributed by atoms with Crippen LogP contribution in [0, 0.1) is 11.2 Å². The van der Waals surface area contributed by atoms with E-state index >= 15 is 0 Å². The Labute approximate surface area is 114 Å². The summed E-state index contributed by atoms with van der Waals surface area (Å²) in [6.45, 7) is 1.34. The largest absolute Gasteiger partial charge is 0.481 e. The zero-order chi connectivity index (χ0) is 13.2. The Bertz CT molecular complexity index is 458. The first-order valence-electron chi connectivity index (χ1n) is 5.92. The Morgan fingerprint density at radius 3 is 2.72 bits per heavy atom. The number of rotatable bonds is 3. The average Bonchev–Trinajstić information content (AvgIpc) is 2.35. The van der Waals surface area contributed by atoms with Gasteiger partial charge >= 0.3 is 5.97 Å². The molecule has 2 rings (SSSR count). The highest BCUT2D eigenvalue weighted by atomic mass is 79.9. The second-order valence-corrected chi connectivity index (χ2v) is 5.66. The van der Waals surface area contributed by atoms with E-state index in [1.807, 2.05) is 0 Å². The fourth-order valence-corrected chi connectivity index (χ4v) is 2.82. The zero-order valence-electron chi connectivity index (χ0n) is 9.88. The molecule has 0 atom stereocenters. The molecule has 1 aliphatic rings. The molecule has 0 aliphatic carbocycles. The lowest BCUT2D eigenvalue weighted by molar-refractivity contribution is -0.150. The van der Waals surface area contributed by atoms with Gasteiger partial charge in [-0.15, -0.1) is 0 Å². The molecule has 0 bridgehead atoms. The molecule has 0 spiro atoms. The molecule has 0 unspecified atom stereocenters. The number of hydrogen-bond donors (Lipinski definition) is 2. The normalized spacial score (nSPS) is 18.6. The summed E-state index contributed by atoms with van der Waals surface area (Å²) in [7, 11) is 0. The molecule has 1 fully saturated rings. The van der Waals surface area contributed by atoms with Crippen molar-refractivity contribution in [3.05, 3.63) is 34.1 Å². The Kier molecular flexibility index (Phi) is 4.02. The molecule has 18 heavy (non-hydrogen) atoms. The number of benzene rings is 1. The summed E-state index contributed by atoms with van der Waals surface area (Å²) < 4.78 is 14.5. The van der Waals surface area contributed by atoms with Crippen molar-refractivity contribution in [1.82, 2.24) is 5.32 Å². The van der Waals surface area contributed by atoms with E-state index in [9.17, 15) is 14.3 Å². The highest BCUT2D eigenvalue weighted by molar-refractivity contribution is 9.10. The minimum atomic E-state index is -0.840. The quantitative estimate of drug-likeness (QED) is 0.901. The van der Waals surface area contributed by atoms with Gasteiger partial charge in [0.25, 0.3) is 0 Å². The summed E-state index contributed by atoms with van der Waals surface area (Å²) in [6, 6.07) is 4.66. The van der Waals surface area contributed by atoms with Crippen LogP contribution >= 0.6 is 15.9 Å². The molecule has 1 aliphatic heterocycles. The Morgan fingerprint density at radius 1 is 1.44 bits per heavy atom. The number of nitrogens with one attached hydrogen (secondary N) is 1. The van der Waals surface area contributed by atoms with Gasteiger partial charge in [-0.05, 0) is 56.1 Å². The van der Waals surface area contributed by atoms with E-state index in [0.29, 0.717) is 31.5 Å². The molecule has 1 aromatic rings. The number of carboxylic acid groups (broad SMARTS) is 1. The topological polar surface area (TPSA) is 49.3 Å². The van der Waals surface area contributed by atoms with Crippen molar-refractivity contribution >= 4 is 21.9 Å². The van der Waals surface area contributed by atoms with Gasteiger partial charge in [0, 0.05) is 4.47 Å². The van der Waals surface area contributed by atoms with Gasteiger partial charge in [0.15, 0.2) is 0 Å². The first kappa shape index (κ1) is 13.5. The third kappa shape index (κ3) is 2.72. The Morgan fingerprint density at radius 2 is 2.11 bits per heavy atom. The number of hydrogen-bond acceptors (Lipinski definition) is 2. The fourth-order valence-electron chi connectivity index (χ4n) is 2.41. The van der Waals surface area contributed by atoms with E-state index in [2.05, 4.69) is 21.2 Å². The van der Waals surface area contributed by atoms with Crippen LogP contribution in [0.15, 0.2) is 22.7 Å². The van der Waals surface area contributed by atoms with E-state index in [-0.39, 0.29) is 12.2 Å². The third-order valence-electron chi connectivity index (χ3n) is 3.55. The van der Waals surface area contributed by atoms with Crippen molar-refractivity contribution in [2.75, 3.05) is 13.1 Å². The van der Waals surface area contributed by atoms with E-state index in [0.717, 1.165) is 4.47 Å². The second kappa shape index (κ2) is 5.36. The van der Waals surface area contributed by atoms with Crippen molar-refractivity contribution < 1.29 is 14.3 Å². The molecular formula is C13H15BrFNO2. The van der Waals surface area contributed by atoms with Gasteiger partial charge < -0.3 is 10.4 Å². The van der Waals surface area contributed by atoms with Crippen LogP contribution in [0.3, 0.4) is 0 Å². The van der Waals surface area contributed by atoms with Crippen molar-refractivity contribution in [2.45, 2.75) is 19.3 Å². The maximum Gasteiger partial charge on any atom is 0.310 e. The predicted octanol–water partition coefficient (Wildman–Crippen LogP) is 2.59. The standard InChI is InChI=1S/C13H15BrFNO2/c14-10-1-2-11(15)9(7-10)8-13(12(17)18)3-5-16-6-4-13/h1-2,7,16H,3-6,8H2,(H,17,18). The molecule has 1 saturated heterocycles. The van der Waals surface area contributed by atoms with Gasteiger partial charge in [0.05, 0.1) is 5.41 Å². The van der Waals surface area contributed by atoms with Gasteiger partial charge in [-0.2, -0.15) is 0 Å². The second-order valence-electron chi connectivity index (χ2n) is 4.75.